The first kappa shape index (κ1) is 22.7. The molecule has 2 heterocycles. The lowest BCUT2D eigenvalue weighted by Gasteiger charge is -2.33. The molecule has 0 saturated carbocycles. The summed E-state index contributed by atoms with van der Waals surface area (Å²) in [4.78, 5) is 9.06. The molecule has 1 aliphatic heterocycles. The Kier molecular flexibility index (Phi) is 10.3. The minimum absolute atomic E-state index is 0.160. The van der Waals surface area contributed by atoms with Gasteiger partial charge in [-0.05, 0) is 32.5 Å². The summed E-state index contributed by atoms with van der Waals surface area (Å²) in [6, 6.07) is 4.25. The number of likely N-dealkylation sites (N-methyl/N-ethyl adjacent to an activating group) is 1. The molecular formula is C20H37N5O3. The molecule has 0 radical (unpaired) electrons. The van der Waals surface area contributed by atoms with Crippen LogP contribution < -0.4 is 10.6 Å². The average Bonchev–Trinajstić information content (AvgIpc) is 3.13. The first-order valence-electron chi connectivity index (χ1n) is 10.1. The van der Waals surface area contributed by atoms with Crippen LogP contribution in [0.3, 0.4) is 0 Å². The average molecular weight is 396 g/mol. The molecule has 8 nitrogen and oxygen atoms in total. The van der Waals surface area contributed by atoms with Crippen molar-refractivity contribution in [1.82, 2.24) is 20.4 Å². The number of guanidine groups is 1. The van der Waals surface area contributed by atoms with Crippen molar-refractivity contribution in [1.29, 1.82) is 0 Å². The molecule has 1 atom stereocenters. The standard InChI is InChI=1S/C20H37N5O3/c1-17-6-7-19(28-17)18(25-11-14-27-15-12-25)16-23-20(21-2)22-8-10-24(3)9-5-13-26-4/h6-7,18H,5,8-16H2,1-4H3,(H2,21,22,23). The van der Waals surface area contributed by atoms with Crippen molar-refractivity contribution in [3.63, 3.8) is 0 Å². The van der Waals surface area contributed by atoms with E-state index in [0.717, 1.165) is 83.0 Å². The van der Waals surface area contributed by atoms with Gasteiger partial charge in [0.25, 0.3) is 0 Å². The van der Waals surface area contributed by atoms with Crippen LogP contribution in [0.5, 0.6) is 0 Å². The second-order valence-electron chi connectivity index (χ2n) is 7.14. The molecule has 8 heteroatoms. The van der Waals surface area contributed by atoms with Gasteiger partial charge in [0.15, 0.2) is 5.96 Å². The number of furan rings is 1. The zero-order valence-electron chi connectivity index (χ0n) is 17.9. The van der Waals surface area contributed by atoms with Crippen molar-refractivity contribution in [2.75, 3.05) is 80.3 Å². The molecule has 0 spiro atoms. The molecule has 2 N–H and O–H groups in total. The van der Waals surface area contributed by atoms with Gasteiger partial charge >= 0.3 is 0 Å². The third-order valence-electron chi connectivity index (χ3n) is 4.94. The van der Waals surface area contributed by atoms with E-state index >= 15 is 0 Å². The topological polar surface area (TPSA) is 74.5 Å². The van der Waals surface area contributed by atoms with Gasteiger partial charge in [0.1, 0.15) is 11.5 Å². The molecule has 0 amide bonds. The summed E-state index contributed by atoms with van der Waals surface area (Å²) in [5, 5.41) is 6.86. The van der Waals surface area contributed by atoms with Gasteiger partial charge in [0.2, 0.25) is 0 Å². The van der Waals surface area contributed by atoms with Crippen LogP contribution in [-0.4, -0.2) is 96.1 Å². The minimum atomic E-state index is 0.160. The Balaban J connectivity index is 1.81. The Morgan fingerprint density at radius 3 is 2.71 bits per heavy atom. The van der Waals surface area contributed by atoms with Crippen LogP contribution in [0, 0.1) is 6.92 Å². The molecule has 1 aromatic rings. The Morgan fingerprint density at radius 1 is 1.29 bits per heavy atom. The monoisotopic (exact) mass is 395 g/mol. The maximum atomic E-state index is 5.92. The zero-order valence-corrected chi connectivity index (χ0v) is 17.9. The zero-order chi connectivity index (χ0) is 20.2. The lowest BCUT2D eigenvalue weighted by Crippen LogP contribution is -2.47. The van der Waals surface area contributed by atoms with E-state index < -0.39 is 0 Å². The van der Waals surface area contributed by atoms with E-state index in [4.69, 9.17) is 13.9 Å². The number of aliphatic imine (C=N–C) groups is 1. The molecule has 1 aliphatic rings. The summed E-state index contributed by atoms with van der Waals surface area (Å²) in [7, 11) is 5.67. The number of hydrogen-bond donors (Lipinski definition) is 2. The summed E-state index contributed by atoms with van der Waals surface area (Å²) in [6.45, 7) is 9.67. The lowest BCUT2D eigenvalue weighted by molar-refractivity contribution is 0.0124. The van der Waals surface area contributed by atoms with Crippen LogP contribution >= 0.6 is 0 Å². The number of aryl methyl sites for hydroxylation is 1. The van der Waals surface area contributed by atoms with Crippen molar-refractivity contribution in [2.24, 2.45) is 4.99 Å². The Bertz CT molecular complexity index is 572. The highest BCUT2D eigenvalue weighted by Crippen LogP contribution is 2.23. The van der Waals surface area contributed by atoms with Crippen LogP contribution in [0.2, 0.25) is 0 Å². The van der Waals surface area contributed by atoms with Crippen molar-refractivity contribution in [3.05, 3.63) is 23.7 Å². The highest BCUT2D eigenvalue weighted by atomic mass is 16.5. The number of hydrogen-bond acceptors (Lipinski definition) is 6. The third kappa shape index (κ3) is 7.79. The molecule has 1 unspecified atom stereocenters. The van der Waals surface area contributed by atoms with Gasteiger partial charge < -0.3 is 29.4 Å². The number of ether oxygens (including phenoxy) is 2. The molecule has 1 fully saturated rings. The first-order chi connectivity index (χ1) is 13.6. The van der Waals surface area contributed by atoms with Crippen LogP contribution in [0.15, 0.2) is 21.5 Å². The van der Waals surface area contributed by atoms with Gasteiger partial charge in [-0.2, -0.15) is 0 Å². The fourth-order valence-electron chi connectivity index (χ4n) is 3.30. The van der Waals surface area contributed by atoms with E-state index in [-0.39, 0.29) is 6.04 Å². The van der Waals surface area contributed by atoms with Gasteiger partial charge in [-0.25, -0.2) is 0 Å². The number of nitrogens with one attached hydrogen (secondary N) is 2. The van der Waals surface area contributed by atoms with Crippen LogP contribution in [0.4, 0.5) is 0 Å². The minimum Gasteiger partial charge on any atom is -0.465 e. The molecule has 1 aromatic heterocycles. The quantitative estimate of drug-likeness (QED) is 0.330. The van der Waals surface area contributed by atoms with Crippen LogP contribution in [0.1, 0.15) is 24.0 Å². The highest BCUT2D eigenvalue weighted by Gasteiger charge is 2.25. The lowest BCUT2D eigenvalue weighted by atomic mass is 10.1. The van der Waals surface area contributed by atoms with E-state index in [9.17, 15) is 0 Å². The third-order valence-corrected chi connectivity index (χ3v) is 4.94. The maximum Gasteiger partial charge on any atom is 0.191 e. The normalized spacial score (nSPS) is 17.1. The fourth-order valence-corrected chi connectivity index (χ4v) is 3.30. The van der Waals surface area contributed by atoms with E-state index in [0.29, 0.717) is 0 Å². The van der Waals surface area contributed by atoms with Crippen molar-refractivity contribution in [3.8, 4) is 0 Å². The summed E-state index contributed by atoms with van der Waals surface area (Å²) in [5.41, 5.74) is 0. The van der Waals surface area contributed by atoms with Crippen LogP contribution in [-0.2, 0) is 9.47 Å². The van der Waals surface area contributed by atoms with E-state index in [2.05, 4.69) is 38.5 Å². The number of morpholine rings is 1. The van der Waals surface area contributed by atoms with Gasteiger partial charge in [-0.15, -0.1) is 0 Å². The van der Waals surface area contributed by atoms with Crippen LogP contribution in [0.25, 0.3) is 0 Å². The van der Waals surface area contributed by atoms with Crippen molar-refractivity contribution < 1.29 is 13.9 Å². The molecule has 0 aromatic carbocycles. The molecule has 28 heavy (non-hydrogen) atoms. The summed E-state index contributed by atoms with van der Waals surface area (Å²) < 4.78 is 16.5. The molecular weight excluding hydrogens is 358 g/mol. The van der Waals surface area contributed by atoms with E-state index in [1.54, 1.807) is 14.2 Å². The maximum absolute atomic E-state index is 5.92. The largest absolute Gasteiger partial charge is 0.465 e. The van der Waals surface area contributed by atoms with Gasteiger partial charge in [-0.3, -0.25) is 9.89 Å². The number of methoxy groups -OCH3 is 1. The smallest absolute Gasteiger partial charge is 0.191 e. The Labute approximate surface area is 169 Å². The second kappa shape index (κ2) is 12.8. The van der Waals surface area contributed by atoms with E-state index in [1.165, 1.54) is 0 Å². The number of rotatable bonds is 11. The van der Waals surface area contributed by atoms with Crippen molar-refractivity contribution in [2.45, 2.75) is 19.4 Å². The van der Waals surface area contributed by atoms with Gasteiger partial charge in [-0.1, -0.05) is 0 Å². The fraction of sp³-hybridized carbons (Fsp3) is 0.750. The summed E-state index contributed by atoms with van der Waals surface area (Å²) in [5.74, 6) is 2.74. The molecule has 1 saturated heterocycles. The Hall–Kier alpha value is -1.61. The SMILES string of the molecule is CN=C(NCCN(C)CCCOC)NCC(c1ccc(C)o1)N1CCOCC1. The Morgan fingerprint density at radius 2 is 2.07 bits per heavy atom. The highest BCUT2D eigenvalue weighted by molar-refractivity contribution is 5.79. The second-order valence-corrected chi connectivity index (χ2v) is 7.14. The summed E-state index contributed by atoms with van der Waals surface area (Å²) >= 11 is 0. The predicted molar refractivity (Wildman–Crippen MR) is 112 cm³/mol. The first-order valence-corrected chi connectivity index (χ1v) is 10.1. The number of nitrogens with zero attached hydrogens (tertiary/aromatic N) is 3. The molecule has 2 rings (SSSR count). The molecule has 160 valence electrons. The van der Waals surface area contributed by atoms with Gasteiger partial charge in [0.05, 0.1) is 19.3 Å². The summed E-state index contributed by atoms with van der Waals surface area (Å²) in [6.07, 6.45) is 1.05. The predicted octanol–water partition coefficient (Wildman–Crippen LogP) is 1.09. The van der Waals surface area contributed by atoms with E-state index in [1.807, 2.05) is 13.0 Å². The molecule has 0 aliphatic carbocycles. The molecule has 0 bridgehead atoms. The van der Waals surface area contributed by atoms with Gasteiger partial charge in [0, 0.05) is 60.0 Å². The van der Waals surface area contributed by atoms with Crippen molar-refractivity contribution >= 4 is 5.96 Å².